The van der Waals surface area contributed by atoms with E-state index in [9.17, 15) is 4.79 Å². The number of nitrogens with zero attached hydrogens (tertiary/aromatic N) is 3. The van der Waals surface area contributed by atoms with Gasteiger partial charge in [0, 0.05) is 18.8 Å². The number of rotatable bonds is 4. The minimum Gasteiger partial charge on any atom is -0.378 e. The molecule has 2 N–H and O–H groups in total. The molecule has 1 aromatic carbocycles. The number of carbonyl (C=O) groups excluding carboxylic acids is 1. The lowest BCUT2D eigenvalue weighted by Gasteiger charge is -2.26. The Labute approximate surface area is 141 Å². The van der Waals surface area contributed by atoms with Crippen molar-refractivity contribution in [2.75, 3.05) is 41.8 Å². The van der Waals surface area contributed by atoms with Crippen molar-refractivity contribution in [3.05, 3.63) is 42.2 Å². The van der Waals surface area contributed by atoms with Crippen molar-refractivity contribution in [2.24, 2.45) is 0 Å². The first-order chi connectivity index (χ1) is 11.8. The number of carbonyl (C=O) groups is 1. The van der Waals surface area contributed by atoms with Crippen molar-refractivity contribution >= 4 is 23.4 Å². The minimum atomic E-state index is -0.307. The van der Waals surface area contributed by atoms with Crippen molar-refractivity contribution in [1.29, 1.82) is 0 Å². The Morgan fingerprint density at radius 1 is 1.17 bits per heavy atom. The Bertz CT molecular complexity index is 684. The molecule has 3 rings (SSSR count). The number of aryl methyl sites for hydroxylation is 1. The van der Waals surface area contributed by atoms with E-state index in [1.807, 2.05) is 24.3 Å². The van der Waals surface area contributed by atoms with E-state index >= 15 is 0 Å². The highest BCUT2D eigenvalue weighted by Gasteiger charge is 2.13. The molecular formula is C17H21N5O2. The summed E-state index contributed by atoms with van der Waals surface area (Å²) in [6.07, 6.45) is 4.08. The van der Waals surface area contributed by atoms with E-state index in [-0.39, 0.29) is 6.03 Å². The standard InChI is InChI=1S/C17H21N5O2/c1-2-13-5-3-4-6-15(13)21-17(23)20-14-11-18-16(19-12-14)22-7-9-24-10-8-22/h3-6,11-12H,2,7-10H2,1H3,(H2,20,21,23). The Balaban J connectivity index is 1.60. The normalized spacial score (nSPS) is 14.3. The van der Waals surface area contributed by atoms with E-state index in [0.717, 1.165) is 30.8 Å². The molecule has 2 heterocycles. The van der Waals surface area contributed by atoms with Gasteiger partial charge in [-0.25, -0.2) is 14.8 Å². The first-order valence-electron chi connectivity index (χ1n) is 8.07. The van der Waals surface area contributed by atoms with Gasteiger partial charge in [0.2, 0.25) is 5.95 Å². The van der Waals surface area contributed by atoms with E-state index < -0.39 is 0 Å². The van der Waals surface area contributed by atoms with Gasteiger partial charge in [0.05, 0.1) is 31.3 Å². The summed E-state index contributed by atoms with van der Waals surface area (Å²) in [5.74, 6) is 0.653. The first-order valence-corrected chi connectivity index (χ1v) is 8.07. The second-order valence-corrected chi connectivity index (χ2v) is 5.46. The van der Waals surface area contributed by atoms with E-state index in [2.05, 4.69) is 32.4 Å². The zero-order chi connectivity index (χ0) is 16.8. The van der Waals surface area contributed by atoms with Crippen LogP contribution in [0.25, 0.3) is 0 Å². The van der Waals surface area contributed by atoms with Gasteiger partial charge in [0.25, 0.3) is 0 Å². The van der Waals surface area contributed by atoms with Crippen LogP contribution in [-0.4, -0.2) is 42.3 Å². The molecule has 1 fully saturated rings. The van der Waals surface area contributed by atoms with Gasteiger partial charge < -0.3 is 20.3 Å². The van der Waals surface area contributed by atoms with Crippen LogP contribution in [0, 0.1) is 0 Å². The molecule has 0 unspecified atom stereocenters. The summed E-state index contributed by atoms with van der Waals surface area (Å²) in [4.78, 5) is 22.8. The highest BCUT2D eigenvalue weighted by atomic mass is 16.5. The number of morpholine rings is 1. The molecule has 24 heavy (non-hydrogen) atoms. The molecule has 126 valence electrons. The predicted octanol–water partition coefficient (Wildman–Crippen LogP) is 2.52. The zero-order valence-electron chi connectivity index (χ0n) is 13.7. The van der Waals surface area contributed by atoms with E-state index in [4.69, 9.17) is 4.74 Å². The number of urea groups is 1. The summed E-state index contributed by atoms with van der Waals surface area (Å²) in [5.41, 5.74) is 2.45. The van der Waals surface area contributed by atoms with Gasteiger partial charge in [-0.1, -0.05) is 25.1 Å². The quantitative estimate of drug-likeness (QED) is 0.902. The van der Waals surface area contributed by atoms with Crippen LogP contribution in [0.2, 0.25) is 0 Å². The van der Waals surface area contributed by atoms with Gasteiger partial charge in [-0.15, -0.1) is 0 Å². The average Bonchev–Trinajstić information content (AvgIpc) is 2.63. The lowest BCUT2D eigenvalue weighted by molar-refractivity contribution is 0.122. The van der Waals surface area contributed by atoms with E-state index in [1.54, 1.807) is 12.4 Å². The highest BCUT2D eigenvalue weighted by Crippen LogP contribution is 2.16. The summed E-state index contributed by atoms with van der Waals surface area (Å²) in [6, 6.07) is 7.43. The molecule has 0 saturated carbocycles. The molecule has 1 aliphatic rings. The predicted molar refractivity (Wildman–Crippen MR) is 93.5 cm³/mol. The minimum absolute atomic E-state index is 0.307. The Kier molecular flexibility index (Phi) is 5.22. The number of benzene rings is 1. The molecule has 1 aromatic heterocycles. The molecule has 0 radical (unpaired) electrons. The Morgan fingerprint density at radius 3 is 2.58 bits per heavy atom. The van der Waals surface area contributed by atoms with Crippen LogP contribution in [0.15, 0.2) is 36.7 Å². The third-order valence-corrected chi connectivity index (χ3v) is 3.84. The number of hydrogen-bond donors (Lipinski definition) is 2. The maximum Gasteiger partial charge on any atom is 0.323 e. The number of aromatic nitrogens is 2. The van der Waals surface area contributed by atoms with Crippen LogP contribution >= 0.6 is 0 Å². The number of nitrogens with one attached hydrogen (secondary N) is 2. The van der Waals surface area contributed by atoms with E-state index in [1.165, 1.54) is 0 Å². The lowest BCUT2D eigenvalue weighted by Crippen LogP contribution is -2.37. The van der Waals surface area contributed by atoms with Crippen LogP contribution in [0.1, 0.15) is 12.5 Å². The molecule has 0 bridgehead atoms. The fraction of sp³-hybridized carbons (Fsp3) is 0.353. The zero-order valence-corrected chi connectivity index (χ0v) is 13.7. The summed E-state index contributed by atoms with van der Waals surface area (Å²) in [7, 11) is 0. The van der Waals surface area contributed by atoms with Gasteiger partial charge in [-0.2, -0.15) is 0 Å². The molecule has 0 aliphatic carbocycles. The highest BCUT2D eigenvalue weighted by molar-refractivity contribution is 6.00. The van der Waals surface area contributed by atoms with Gasteiger partial charge in [-0.05, 0) is 18.1 Å². The molecular weight excluding hydrogens is 306 g/mol. The molecule has 0 spiro atoms. The number of anilines is 3. The average molecular weight is 327 g/mol. The van der Waals surface area contributed by atoms with Crippen molar-refractivity contribution in [3.8, 4) is 0 Å². The van der Waals surface area contributed by atoms with E-state index in [0.29, 0.717) is 24.8 Å². The lowest BCUT2D eigenvalue weighted by atomic mass is 10.1. The van der Waals surface area contributed by atoms with Crippen LogP contribution < -0.4 is 15.5 Å². The summed E-state index contributed by atoms with van der Waals surface area (Å²) >= 11 is 0. The SMILES string of the molecule is CCc1ccccc1NC(=O)Nc1cnc(N2CCOCC2)nc1. The maximum absolute atomic E-state index is 12.1. The topological polar surface area (TPSA) is 79.4 Å². The number of ether oxygens (including phenoxy) is 1. The largest absolute Gasteiger partial charge is 0.378 e. The van der Waals surface area contributed by atoms with Crippen LogP contribution in [-0.2, 0) is 11.2 Å². The maximum atomic E-state index is 12.1. The Hall–Kier alpha value is -2.67. The third kappa shape index (κ3) is 3.99. The van der Waals surface area contributed by atoms with Crippen LogP contribution in [0.5, 0.6) is 0 Å². The molecule has 7 nitrogen and oxygen atoms in total. The first kappa shape index (κ1) is 16.2. The Morgan fingerprint density at radius 2 is 1.88 bits per heavy atom. The van der Waals surface area contributed by atoms with Gasteiger partial charge >= 0.3 is 6.03 Å². The molecule has 1 saturated heterocycles. The number of para-hydroxylation sites is 1. The van der Waals surface area contributed by atoms with Crippen molar-refractivity contribution in [1.82, 2.24) is 9.97 Å². The smallest absolute Gasteiger partial charge is 0.323 e. The second-order valence-electron chi connectivity index (χ2n) is 5.46. The van der Waals surface area contributed by atoms with Gasteiger partial charge in [0.15, 0.2) is 0 Å². The molecule has 0 atom stereocenters. The van der Waals surface area contributed by atoms with Crippen molar-refractivity contribution in [2.45, 2.75) is 13.3 Å². The van der Waals surface area contributed by atoms with Crippen molar-refractivity contribution < 1.29 is 9.53 Å². The summed E-state index contributed by atoms with van der Waals surface area (Å²) < 4.78 is 5.31. The molecule has 2 amide bonds. The van der Waals surface area contributed by atoms with Crippen LogP contribution in [0.4, 0.5) is 22.1 Å². The fourth-order valence-electron chi connectivity index (χ4n) is 2.55. The molecule has 2 aromatic rings. The van der Waals surface area contributed by atoms with Crippen molar-refractivity contribution in [3.63, 3.8) is 0 Å². The number of hydrogen-bond acceptors (Lipinski definition) is 5. The fourth-order valence-corrected chi connectivity index (χ4v) is 2.55. The second kappa shape index (κ2) is 7.74. The monoisotopic (exact) mass is 327 g/mol. The molecule has 7 heteroatoms. The summed E-state index contributed by atoms with van der Waals surface area (Å²) in [5, 5.41) is 5.61. The van der Waals surface area contributed by atoms with Crippen LogP contribution in [0.3, 0.4) is 0 Å². The summed E-state index contributed by atoms with van der Waals surface area (Å²) in [6.45, 7) is 4.98. The molecule has 1 aliphatic heterocycles. The van der Waals surface area contributed by atoms with Gasteiger partial charge in [-0.3, -0.25) is 0 Å². The number of amides is 2. The van der Waals surface area contributed by atoms with Gasteiger partial charge in [0.1, 0.15) is 0 Å². The third-order valence-electron chi connectivity index (χ3n) is 3.84.